The lowest BCUT2D eigenvalue weighted by Gasteiger charge is -2.18. The molecule has 0 saturated carbocycles. The molecule has 0 radical (unpaired) electrons. The summed E-state index contributed by atoms with van der Waals surface area (Å²) in [4.78, 5) is 24.7. The Hall–Kier alpha value is -3.85. The van der Waals surface area contributed by atoms with E-state index in [9.17, 15) is 22.8 Å². The second kappa shape index (κ2) is 9.31. The first kappa shape index (κ1) is 21.8. The molecule has 1 unspecified atom stereocenters. The first-order chi connectivity index (χ1) is 14.8. The quantitative estimate of drug-likeness (QED) is 0.316. The summed E-state index contributed by atoms with van der Waals surface area (Å²) >= 11 is 0. The van der Waals surface area contributed by atoms with Crippen molar-refractivity contribution in [2.75, 3.05) is 7.11 Å². The van der Waals surface area contributed by atoms with Gasteiger partial charge in [-0.15, -0.1) is 0 Å². The maximum atomic E-state index is 13.5. The van der Waals surface area contributed by atoms with E-state index in [0.717, 1.165) is 12.1 Å². The van der Waals surface area contributed by atoms with Gasteiger partial charge in [0.25, 0.3) is 11.8 Å². The molecule has 0 aliphatic carbocycles. The molecular formula is C22H17F3N2O4. The zero-order valence-electron chi connectivity index (χ0n) is 16.2. The van der Waals surface area contributed by atoms with E-state index in [2.05, 4.69) is 5.32 Å². The molecule has 0 bridgehead atoms. The average molecular weight is 430 g/mol. The van der Waals surface area contributed by atoms with Crippen molar-refractivity contribution in [1.29, 1.82) is 0 Å². The largest absolute Gasteiger partial charge is 0.497 e. The van der Waals surface area contributed by atoms with Crippen molar-refractivity contribution in [3.8, 4) is 16.9 Å². The SMILES string of the molecule is COc1cccc(C(=O)NC(C(=O)NO)c2ccc(-c3cc(F)c(F)c(F)c3)cc2)c1. The first-order valence-corrected chi connectivity index (χ1v) is 8.97. The summed E-state index contributed by atoms with van der Waals surface area (Å²) in [5.41, 5.74) is 2.44. The minimum atomic E-state index is -1.57. The number of amides is 2. The Balaban J connectivity index is 1.87. The Morgan fingerprint density at radius 1 is 0.935 bits per heavy atom. The number of hydrogen-bond donors (Lipinski definition) is 3. The Labute approximate surface area is 175 Å². The predicted octanol–water partition coefficient (Wildman–Crippen LogP) is 3.76. The molecule has 0 spiro atoms. The van der Waals surface area contributed by atoms with Gasteiger partial charge in [0.15, 0.2) is 17.5 Å². The highest BCUT2D eigenvalue weighted by Crippen LogP contribution is 2.26. The average Bonchev–Trinajstić information content (AvgIpc) is 2.80. The fraction of sp³-hybridized carbons (Fsp3) is 0.0909. The van der Waals surface area contributed by atoms with E-state index >= 15 is 0 Å². The molecule has 3 N–H and O–H groups in total. The van der Waals surface area contributed by atoms with Gasteiger partial charge in [-0.05, 0) is 47.0 Å². The molecule has 0 saturated heterocycles. The summed E-state index contributed by atoms with van der Waals surface area (Å²) in [6.07, 6.45) is 0. The Morgan fingerprint density at radius 3 is 2.16 bits per heavy atom. The van der Waals surface area contributed by atoms with Gasteiger partial charge in [0.05, 0.1) is 7.11 Å². The summed E-state index contributed by atoms with van der Waals surface area (Å²) in [6.45, 7) is 0. The van der Waals surface area contributed by atoms with Gasteiger partial charge in [-0.25, -0.2) is 18.7 Å². The Kier molecular flexibility index (Phi) is 6.56. The monoisotopic (exact) mass is 430 g/mol. The van der Waals surface area contributed by atoms with E-state index in [1.807, 2.05) is 0 Å². The van der Waals surface area contributed by atoms with Crippen LogP contribution in [-0.4, -0.2) is 24.1 Å². The minimum Gasteiger partial charge on any atom is -0.497 e. The van der Waals surface area contributed by atoms with Crippen molar-refractivity contribution in [2.24, 2.45) is 0 Å². The Bertz CT molecular complexity index is 1100. The van der Waals surface area contributed by atoms with Crippen LogP contribution in [0.25, 0.3) is 11.1 Å². The van der Waals surface area contributed by atoms with Crippen LogP contribution in [0.3, 0.4) is 0 Å². The molecular weight excluding hydrogens is 413 g/mol. The smallest absolute Gasteiger partial charge is 0.270 e. The van der Waals surface area contributed by atoms with Gasteiger partial charge in [-0.1, -0.05) is 30.3 Å². The van der Waals surface area contributed by atoms with Gasteiger partial charge < -0.3 is 10.1 Å². The van der Waals surface area contributed by atoms with Crippen molar-refractivity contribution < 1.29 is 32.7 Å². The predicted molar refractivity (Wildman–Crippen MR) is 105 cm³/mol. The highest BCUT2D eigenvalue weighted by molar-refractivity contribution is 5.98. The summed E-state index contributed by atoms with van der Waals surface area (Å²) in [7, 11) is 1.44. The normalized spacial score (nSPS) is 11.5. The fourth-order valence-electron chi connectivity index (χ4n) is 2.93. The third-order valence-corrected chi connectivity index (χ3v) is 4.54. The summed E-state index contributed by atoms with van der Waals surface area (Å²) < 4.78 is 45.2. The highest BCUT2D eigenvalue weighted by atomic mass is 19.2. The molecule has 9 heteroatoms. The molecule has 1 atom stereocenters. The maximum absolute atomic E-state index is 13.5. The molecule has 0 aromatic heterocycles. The van der Waals surface area contributed by atoms with E-state index in [1.165, 1.54) is 49.0 Å². The van der Waals surface area contributed by atoms with Crippen LogP contribution in [0.15, 0.2) is 60.7 Å². The maximum Gasteiger partial charge on any atom is 0.270 e. The molecule has 160 valence electrons. The highest BCUT2D eigenvalue weighted by Gasteiger charge is 2.23. The topological polar surface area (TPSA) is 87.7 Å². The van der Waals surface area contributed by atoms with Gasteiger partial charge in [-0.2, -0.15) is 0 Å². The van der Waals surface area contributed by atoms with Crippen molar-refractivity contribution in [3.05, 3.63) is 89.2 Å². The molecule has 31 heavy (non-hydrogen) atoms. The van der Waals surface area contributed by atoms with Crippen LogP contribution in [-0.2, 0) is 4.79 Å². The molecule has 2 amide bonds. The molecule has 0 fully saturated rings. The number of benzene rings is 3. The third-order valence-electron chi connectivity index (χ3n) is 4.54. The molecule has 0 aliphatic heterocycles. The summed E-state index contributed by atoms with van der Waals surface area (Å²) in [6, 6.07) is 12.4. The zero-order valence-corrected chi connectivity index (χ0v) is 16.2. The van der Waals surface area contributed by atoms with E-state index < -0.39 is 35.3 Å². The first-order valence-electron chi connectivity index (χ1n) is 8.97. The number of nitrogens with one attached hydrogen (secondary N) is 2. The minimum absolute atomic E-state index is 0.0894. The van der Waals surface area contributed by atoms with Crippen LogP contribution in [0.4, 0.5) is 13.2 Å². The van der Waals surface area contributed by atoms with Crippen LogP contribution in [0.1, 0.15) is 22.0 Å². The lowest BCUT2D eigenvalue weighted by Crippen LogP contribution is -2.39. The van der Waals surface area contributed by atoms with Gasteiger partial charge in [-0.3, -0.25) is 14.8 Å². The van der Waals surface area contributed by atoms with E-state index in [4.69, 9.17) is 9.94 Å². The third kappa shape index (κ3) is 4.84. The molecule has 0 aliphatic rings. The van der Waals surface area contributed by atoms with E-state index in [0.29, 0.717) is 11.3 Å². The number of carbonyl (C=O) groups excluding carboxylic acids is 2. The van der Waals surface area contributed by atoms with Gasteiger partial charge in [0.1, 0.15) is 11.8 Å². The second-order valence-electron chi connectivity index (χ2n) is 6.49. The number of hydroxylamine groups is 1. The van der Waals surface area contributed by atoms with Gasteiger partial charge >= 0.3 is 0 Å². The number of methoxy groups -OCH3 is 1. The van der Waals surface area contributed by atoms with Crippen LogP contribution in [0.2, 0.25) is 0 Å². The van der Waals surface area contributed by atoms with Crippen molar-refractivity contribution in [1.82, 2.24) is 10.8 Å². The molecule has 0 heterocycles. The number of rotatable bonds is 6. The van der Waals surface area contributed by atoms with Crippen molar-refractivity contribution >= 4 is 11.8 Å². The zero-order chi connectivity index (χ0) is 22.5. The fourth-order valence-corrected chi connectivity index (χ4v) is 2.93. The van der Waals surface area contributed by atoms with Crippen molar-refractivity contribution in [3.63, 3.8) is 0 Å². The van der Waals surface area contributed by atoms with Crippen LogP contribution < -0.4 is 15.5 Å². The number of carbonyl (C=O) groups is 2. The summed E-state index contributed by atoms with van der Waals surface area (Å²) in [5, 5.41) is 11.6. The molecule has 3 aromatic carbocycles. The number of halogens is 3. The molecule has 3 rings (SSSR count). The van der Waals surface area contributed by atoms with Crippen LogP contribution in [0, 0.1) is 17.5 Å². The van der Waals surface area contributed by atoms with E-state index in [-0.39, 0.29) is 16.7 Å². The van der Waals surface area contributed by atoms with Gasteiger partial charge in [0, 0.05) is 5.56 Å². The molecule has 6 nitrogen and oxygen atoms in total. The van der Waals surface area contributed by atoms with Crippen molar-refractivity contribution in [2.45, 2.75) is 6.04 Å². The second-order valence-corrected chi connectivity index (χ2v) is 6.49. The number of ether oxygens (including phenoxy) is 1. The number of hydrogen-bond acceptors (Lipinski definition) is 4. The lowest BCUT2D eigenvalue weighted by molar-refractivity contribution is -0.131. The standard InChI is InChI=1S/C22H17F3N2O4/c1-31-16-4-2-3-14(9-16)21(28)26-20(22(29)27-30)13-7-5-12(6-8-13)15-10-17(23)19(25)18(24)11-15/h2-11,20,30H,1H3,(H,26,28)(H,27,29). The van der Waals surface area contributed by atoms with E-state index in [1.54, 1.807) is 12.1 Å². The van der Waals surface area contributed by atoms with Crippen LogP contribution >= 0.6 is 0 Å². The molecule has 3 aromatic rings. The van der Waals surface area contributed by atoms with Crippen LogP contribution in [0.5, 0.6) is 5.75 Å². The lowest BCUT2D eigenvalue weighted by atomic mass is 9.99. The summed E-state index contributed by atoms with van der Waals surface area (Å²) in [5.74, 6) is -5.29. The Morgan fingerprint density at radius 2 is 1.58 bits per heavy atom. The van der Waals surface area contributed by atoms with Gasteiger partial charge in [0.2, 0.25) is 0 Å².